The minimum Gasteiger partial charge on any atom is -0.496 e. The van der Waals surface area contributed by atoms with Gasteiger partial charge >= 0.3 is 0 Å². The SMILES string of the molecule is C=C(C)NCC1CN(Cc2ncc(C)c(OC)c2C)c2nc(N)nc(Cl)c21. The zero-order valence-electron chi connectivity index (χ0n) is 16.1. The number of methoxy groups -OCH3 is 1. The molecule has 0 fully saturated rings. The zero-order chi connectivity index (χ0) is 19.7. The van der Waals surface area contributed by atoms with Gasteiger partial charge in [0, 0.05) is 47.6 Å². The first-order valence-corrected chi connectivity index (χ1v) is 9.15. The number of hydrogen-bond donors (Lipinski definition) is 2. The van der Waals surface area contributed by atoms with Gasteiger partial charge in [-0.3, -0.25) is 4.98 Å². The predicted molar refractivity (Wildman–Crippen MR) is 108 cm³/mol. The Morgan fingerprint density at radius 2 is 2.19 bits per heavy atom. The molecule has 1 aliphatic heterocycles. The van der Waals surface area contributed by atoms with Crippen LogP contribution in [0.3, 0.4) is 0 Å². The van der Waals surface area contributed by atoms with Crippen molar-refractivity contribution in [2.24, 2.45) is 0 Å². The molecule has 7 nitrogen and oxygen atoms in total. The Kier molecular flexibility index (Phi) is 5.41. The Morgan fingerprint density at radius 3 is 2.85 bits per heavy atom. The summed E-state index contributed by atoms with van der Waals surface area (Å²) in [5, 5.41) is 3.69. The van der Waals surface area contributed by atoms with Gasteiger partial charge in [0.05, 0.1) is 19.3 Å². The lowest BCUT2D eigenvalue weighted by atomic mass is 10.0. The highest BCUT2D eigenvalue weighted by molar-refractivity contribution is 6.30. The van der Waals surface area contributed by atoms with Crippen molar-refractivity contribution in [2.75, 3.05) is 30.8 Å². The summed E-state index contributed by atoms with van der Waals surface area (Å²) in [5.74, 6) is 1.93. The summed E-state index contributed by atoms with van der Waals surface area (Å²) in [5.41, 5.74) is 10.6. The van der Waals surface area contributed by atoms with Crippen LogP contribution >= 0.6 is 11.6 Å². The van der Waals surface area contributed by atoms with Crippen molar-refractivity contribution in [1.82, 2.24) is 20.3 Å². The van der Waals surface area contributed by atoms with E-state index >= 15 is 0 Å². The maximum atomic E-state index is 6.41. The van der Waals surface area contributed by atoms with Gasteiger partial charge < -0.3 is 20.7 Å². The van der Waals surface area contributed by atoms with Gasteiger partial charge in [-0.1, -0.05) is 18.2 Å². The van der Waals surface area contributed by atoms with Gasteiger partial charge in [0.2, 0.25) is 5.95 Å². The van der Waals surface area contributed by atoms with Crippen molar-refractivity contribution < 1.29 is 4.74 Å². The minimum atomic E-state index is 0.137. The van der Waals surface area contributed by atoms with Crippen LogP contribution in [-0.4, -0.2) is 35.2 Å². The van der Waals surface area contributed by atoms with E-state index in [0.29, 0.717) is 18.2 Å². The molecule has 0 radical (unpaired) electrons. The third-order valence-corrected chi connectivity index (χ3v) is 5.07. The van der Waals surface area contributed by atoms with Crippen molar-refractivity contribution in [3.8, 4) is 5.75 Å². The molecule has 0 amide bonds. The van der Waals surface area contributed by atoms with E-state index in [2.05, 4.69) is 31.7 Å². The van der Waals surface area contributed by atoms with E-state index in [1.54, 1.807) is 7.11 Å². The van der Waals surface area contributed by atoms with Crippen LogP contribution in [0.2, 0.25) is 5.15 Å². The molecular formula is C19H25ClN6O. The highest BCUT2D eigenvalue weighted by Gasteiger charge is 2.34. The monoisotopic (exact) mass is 388 g/mol. The maximum Gasteiger partial charge on any atom is 0.223 e. The normalized spacial score (nSPS) is 15.6. The van der Waals surface area contributed by atoms with Crippen LogP contribution in [0.15, 0.2) is 18.5 Å². The second kappa shape index (κ2) is 7.60. The van der Waals surface area contributed by atoms with Crippen molar-refractivity contribution in [3.63, 3.8) is 0 Å². The van der Waals surface area contributed by atoms with E-state index in [1.807, 2.05) is 27.0 Å². The number of nitrogens with two attached hydrogens (primary N) is 1. The maximum absolute atomic E-state index is 6.41. The largest absolute Gasteiger partial charge is 0.496 e. The van der Waals surface area contributed by atoms with E-state index in [0.717, 1.165) is 46.2 Å². The van der Waals surface area contributed by atoms with Crippen LogP contribution in [0, 0.1) is 13.8 Å². The Labute approximate surface area is 164 Å². The molecule has 0 aromatic carbocycles. The second-order valence-corrected chi connectivity index (χ2v) is 7.25. The molecule has 27 heavy (non-hydrogen) atoms. The van der Waals surface area contributed by atoms with E-state index in [4.69, 9.17) is 22.1 Å². The lowest BCUT2D eigenvalue weighted by molar-refractivity contribution is 0.406. The van der Waals surface area contributed by atoms with Crippen molar-refractivity contribution in [2.45, 2.75) is 33.2 Å². The van der Waals surface area contributed by atoms with E-state index in [9.17, 15) is 0 Å². The molecule has 0 bridgehead atoms. The number of allylic oxidation sites excluding steroid dienone is 1. The number of aryl methyl sites for hydroxylation is 1. The van der Waals surface area contributed by atoms with Gasteiger partial charge in [0.15, 0.2) is 0 Å². The van der Waals surface area contributed by atoms with E-state index in [1.165, 1.54) is 0 Å². The van der Waals surface area contributed by atoms with Crippen LogP contribution < -0.4 is 20.7 Å². The summed E-state index contributed by atoms with van der Waals surface area (Å²) in [4.78, 5) is 15.4. The molecule has 1 aliphatic rings. The van der Waals surface area contributed by atoms with E-state index in [-0.39, 0.29) is 11.9 Å². The number of ether oxygens (including phenoxy) is 1. The van der Waals surface area contributed by atoms with Crippen molar-refractivity contribution in [1.29, 1.82) is 0 Å². The van der Waals surface area contributed by atoms with Gasteiger partial charge in [-0.2, -0.15) is 4.98 Å². The molecule has 0 saturated carbocycles. The molecule has 0 saturated heterocycles. The first kappa shape index (κ1) is 19.2. The van der Waals surface area contributed by atoms with Gasteiger partial charge in [0.1, 0.15) is 16.7 Å². The average molecular weight is 389 g/mol. The van der Waals surface area contributed by atoms with Crippen molar-refractivity contribution >= 4 is 23.4 Å². The molecule has 0 aliphatic carbocycles. The quantitative estimate of drug-likeness (QED) is 0.735. The Balaban J connectivity index is 1.95. The number of nitrogen functional groups attached to an aromatic ring is 1. The molecule has 2 aromatic rings. The number of halogens is 1. The minimum absolute atomic E-state index is 0.137. The number of hydrogen-bond acceptors (Lipinski definition) is 7. The van der Waals surface area contributed by atoms with Crippen molar-refractivity contribution in [3.05, 3.63) is 46.0 Å². The first-order chi connectivity index (χ1) is 12.8. The smallest absolute Gasteiger partial charge is 0.223 e. The molecule has 1 unspecified atom stereocenters. The van der Waals surface area contributed by atoms with Gasteiger partial charge in [-0.05, 0) is 20.8 Å². The molecule has 144 valence electrons. The fraction of sp³-hybridized carbons (Fsp3) is 0.421. The number of pyridine rings is 1. The molecule has 3 N–H and O–H groups in total. The number of nitrogens with zero attached hydrogens (tertiary/aromatic N) is 4. The lowest BCUT2D eigenvalue weighted by Crippen LogP contribution is -2.27. The third-order valence-electron chi connectivity index (χ3n) is 4.79. The highest BCUT2D eigenvalue weighted by Crippen LogP contribution is 2.40. The summed E-state index contributed by atoms with van der Waals surface area (Å²) >= 11 is 6.41. The topological polar surface area (TPSA) is 89.2 Å². The van der Waals surface area contributed by atoms with Gasteiger partial charge in [0.25, 0.3) is 0 Å². The number of rotatable bonds is 6. The summed E-state index contributed by atoms with van der Waals surface area (Å²) in [6.07, 6.45) is 1.83. The van der Waals surface area contributed by atoms with Gasteiger partial charge in [-0.15, -0.1) is 0 Å². The fourth-order valence-corrected chi connectivity index (χ4v) is 3.82. The number of anilines is 2. The number of fused-ring (bicyclic) bond motifs is 1. The van der Waals surface area contributed by atoms with Crippen LogP contribution in [-0.2, 0) is 6.54 Å². The summed E-state index contributed by atoms with van der Waals surface area (Å²) < 4.78 is 5.53. The van der Waals surface area contributed by atoms with E-state index < -0.39 is 0 Å². The summed E-state index contributed by atoms with van der Waals surface area (Å²) in [6.45, 7) is 11.9. The molecule has 1 atom stereocenters. The third kappa shape index (κ3) is 3.78. The summed E-state index contributed by atoms with van der Waals surface area (Å²) in [7, 11) is 1.68. The van der Waals surface area contributed by atoms with Crippen LogP contribution in [0.4, 0.5) is 11.8 Å². The highest BCUT2D eigenvalue weighted by atomic mass is 35.5. The lowest BCUT2D eigenvalue weighted by Gasteiger charge is -2.21. The molecule has 3 rings (SSSR count). The van der Waals surface area contributed by atoms with Crippen LogP contribution in [0.1, 0.15) is 35.2 Å². The van der Waals surface area contributed by atoms with Gasteiger partial charge in [-0.25, -0.2) is 4.98 Å². The first-order valence-electron chi connectivity index (χ1n) is 8.78. The molecule has 2 aromatic heterocycles. The number of aromatic nitrogens is 3. The average Bonchev–Trinajstić information content (AvgIpc) is 2.94. The Morgan fingerprint density at radius 1 is 1.44 bits per heavy atom. The number of nitrogens with one attached hydrogen (secondary N) is 1. The Hall–Kier alpha value is -2.54. The summed E-state index contributed by atoms with van der Waals surface area (Å²) in [6, 6.07) is 0. The standard InChI is InChI=1S/C19H25ClN6O/c1-10(2)22-7-13-8-26(18-15(13)17(20)24-19(21)25-18)9-14-12(4)16(27-5)11(3)6-23-14/h6,13,22H,1,7-9H2,2-5H3,(H2,21,24,25). The Bertz CT molecular complexity index is 885. The predicted octanol–water partition coefficient (Wildman–Crippen LogP) is 2.96. The zero-order valence-corrected chi connectivity index (χ0v) is 16.9. The fourth-order valence-electron chi connectivity index (χ4n) is 3.50. The molecule has 8 heteroatoms. The van der Waals surface area contributed by atoms with Crippen LogP contribution in [0.5, 0.6) is 5.75 Å². The second-order valence-electron chi connectivity index (χ2n) is 6.89. The van der Waals surface area contributed by atoms with Crippen LogP contribution in [0.25, 0.3) is 0 Å². The molecule has 0 spiro atoms. The molecule has 3 heterocycles. The molecular weight excluding hydrogens is 364 g/mol.